The molecule has 1 unspecified atom stereocenters. The number of amides is 1. The Balaban J connectivity index is 1.39. The summed E-state index contributed by atoms with van der Waals surface area (Å²) >= 11 is 0. The van der Waals surface area contributed by atoms with Crippen molar-refractivity contribution in [2.45, 2.75) is 39.0 Å². The number of fused-ring (bicyclic) bond motifs is 3. The highest BCUT2D eigenvalue weighted by atomic mass is 16.5. The molecule has 0 spiro atoms. The number of hydrogen-bond acceptors (Lipinski definition) is 3. The first kappa shape index (κ1) is 17.3. The Morgan fingerprint density at radius 2 is 1.96 bits per heavy atom. The van der Waals surface area contributed by atoms with Crippen molar-refractivity contribution in [1.82, 2.24) is 15.1 Å². The van der Waals surface area contributed by atoms with Crippen LogP contribution in [0.4, 0.5) is 0 Å². The number of carbonyl (C=O) groups is 1. The van der Waals surface area contributed by atoms with Crippen LogP contribution in [-0.2, 0) is 24.4 Å². The maximum absolute atomic E-state index is 12.5. The van der Waals surface area contributed by atoms with Crippen molar-refractivity contribution in [3.05, 3.63) is 71.9 Å². The number of aromatic nitrogens is 2. The van der Waals surface area contributed by atoms with E-state index in [0.717, 1.165) is 35.4 Å². The largest absolute Gasteiger partial charge is 0.488 e. The van der Waals surface area contributed by atoms with Gasteiger partial charge in [-0.25, -0.2) is 0 Å². The van der Waals surface area contributed by atoms with E-state index >= 15 is 0 Å². The van der Waals surface area contributed by atoms with Crippen LogP contribution in [0.2, 0.25) is 0 Å². The summed E-state index contributed by atoms with van der Waals surface area (Å²) in [6, 6.07) is 18.3. The molecule has 0 bridgehead atoms. The van der Waals surface area contributed by atoms with Gasteiger partial charge < -0.3 is 10.1 Å². The van der Waals surface area contributed by atoms with E-state index in [1.165, 1.54) is 5.56 Å². The summed E-state index contributed by atoms with van der Waals surface area (Å²) in [7, 11) is 0. The van der Waals surface area contributed by atoms with E-state index in [2.05, 4.69) is 22.5 Å². The standard InChI is InChI=1S/C22H23N3O2/c1-16(11-12-17-7-3-2-4-8-17)24-21(26)14-25-22-18(13-23-25)15-27-20-10-6-5-9-19(20)22/h2-10,13,16H,11-12,14-15H2,1H3,(H,24,26). The Labute approximate surface area is 159 Å². The van der Waals surface area contributed by atoms with Crippen LogP contribution in [0.5, 0.6) is 5.75 Å². The van der Waals surface area contributed by atoms with Gasteiger partial charge >= 0.3 is 0 Å². The molecule has 138 valence electrons. The second-order valence-electron chi connectivity index (χ2n) is 6.95. The molecule has 0 aliphatic carbocycles. The van der Waals surface area contributed by atoms with Crippen LogP contribution in [0.15, 0.2) is 60.8 Å². The van der Waals surface area contributed by atoms with Crippen LogP contribution in [0.3, 0.4) is 0 Å². The van der Waals surface area contributed by atoms with E-state index in [9.17, 15) is 4.79 Å². The van der Waals surface area contributed by atoms with Gasteiger partial charge in [0.1, 0.15) is 18.9 Å². The molecule has 0 saturated carbocycles. The summed E-state index contributed by atoms with van der Waals surface area (Å²) in [5.41, 5.74) is 4.26. The molecule has 4 rings (SSSR count). The van der Waals surface area contributed by atoms with E-state index in [1.807, 2.05) is 49.4 Å². The monoisotopic (exact) mass is 361 g/mol. The highest BCUT2D eigenvalue weighted by Crippen LogP contribution is 2.36. The van der Waals surface area contributed by atoms with Gasteiger partial charge in [-0.05, 0) is 37.5 Å². The van der Waals surface area contributed by atoms with Gasteiger partial charge in [0.15, 0.2) is 0 Å². The van der Waals surface area contributed by atoms with Crippen LogP contribution < -0.4 is 10.1 Å². The van der Waals surface area contributed by atoms with Gasteiger partial charge in [0.25, 0.3) is 0 Å². The first-order valence-electron chi connectivity index (χ1n) is 9.31. The van der Waals surface area contributed by atoms with Crippen molar-refractivity contribution in [3.8, 4) is 17.0 Å². The summed E-state index contributed by atoms with van der Waals surface area (Å²) in [6.07, 6.45) is 3.64. The number of nitrogens with one attached hydrogen (secondary N) is 1. The fourth-order valence-corrected chi connectivity index (χ4v) is 3.46. The summed E-state index contributed by atoms with van der Waals surface area (Å²) in [4.78, 5) is 12.5. The molecule has 0 saturated heterocycles. The lowest BCUT2D eigenvalue weighted by molar-refractivity contribution is -0.122. The molecular formula is C22H23N3O2. The average Bonchev–Trinajstić information content (AvgIpc) is 3.10. The van der Waals surface area contributed by atoms with Crippen LogP contribution in [0.1, 0.15) is 24.5 Å². The van der Waals surface area contributed by atoms with Gasteiger partial charge in [-0.3, -0.25) is 9.48 Å². The van der Waals surface area contributed by atoms with E-state index < -0.39 is 0 Å². The minimum absolute atomic E-state index is 0.0227. The van der Waals surface area contributed by atoms with Gasteiger partial charge in [-0.1, -0.05) is 42.5 Å². The molecule has 1 amide bonds. The number of benzene rings is 2. The molecule has 1 N–H and O–H groups in total. The van der Waals surface area contributed by atoms with Crippen molar-refractivity contribution < 1.29 is 9.53 Å². The zero-order valence-electron chi connectivity index (χ0n) is 15.4. The van der Waals surface area contributed by atoms with Crippen LogP contribution in [-0.4, -0.2) is 21.7 Å². The minimum atomic E-state index is -0.0227. The van der Waals surface area contributed by atoms with E-state index in [-0.39, 0.29) is 18.5 Å². The molecular weight excluding hydrogens is 338 g/mol. The summed E-state index contributed by atoms with van der Waals surface area (Å²) in [5.74, 6) is 0.814. The third kappa shape index (κ3) is 3.87. The molecule has 2 heterocycles. The third-order valence-electron chi connectivity index (χ3n) is 4.85. The zero-order valence-corrected chi connectivity index (χ0v) is 15.4. The van der Waals surface area contributed by atoms with Crippen LogP contribution in [0.25, 0.3) is 11.3 Å². The predicted octanol–water partition coefficient (Wildman–Crippen LogP) is 3.58. The number of aryl methyl sites for hydroxylation is 1. The average molecular weight is 361 g/mol. The molecule has 1 atom stereocenters. The molecule has 27 heavy (non-hydrogen) atoms. The Morgan fingerprint density at radius 3 is 2.81 bits per heavy atom. The first-order valence-corrected chi connectivity index (χ1v) is 9.31. The molecule has 5 nitrogen and oxygen atoms in total. The number of para-hydroxylation sites is 1. The van der Waals surface area contributed by atoms with Gasteiger partial charge in [0.2, 0.25) is 5.91 Å². The van der Waals surface area contributed by atoms with Gasteiger partial charge in [-0.15, -0.1) is 0 Å². The smallest absolute Gasteiger partial charge is 0.241 e. The van der Waals surface area contributed by atoms with E-state index in [1.54, 1.807) is 10.9 Å². The summed E-state index contributed by atoms with van der Waals surface area (Å²) in [6.45, 7) is 2.74. The lowest BCUT2D eigenvalue weighted by atomic mass is 10.0. The third-order valence-corrected chi connectivity index (χ3v) is 4.85. The molecule has 1 aliphatic rings. The molecule has 0 fully saturated rings. The summed E-state index contributed by atoms with van der Waals surface area (Å²) in [5, 5.41) is 7.50. The second-order valence-corrected chi connectivity index (χ2v) is 6.95. The Bertz CT molecular complexity index is 934. The van der Waals surface area contributed by atoms with Crippen molar-refractivity contribution >= 4 is 5.91 Å². The molecule has 5 heteroatoms. The number of rotatable bonds is 6. The van der Waals surface area contributed by atoms with Gasteiger partial charge in [-0.2, -0.15) is 5.10 Å². The van der Waals surface area contributed by atoms with E-state index in [4.69, 9.17) is 4.74 Å². The molecule has 1 aromatic heterocycles. The normalized spacial score (nSPS) is 13.2. The number of ether oxygens (including phenoxy) is 1. The predicted molar refractivity (Wildman–Crippen MR) is 104 cm³/mol. The maximum Gasteiger partial charge on any atom is 0.241 e. The Morgan fingerprint density at radius 1 is 1.19 bits per heavy atom. The lowest BCUT2D eigenvalue weighted by Crippen LogP contribution is -2.35. The van der Waals surface area contributed by atoms with Crippen molar-refractivity contribution in [2.24, 2.45) is 0 Å². The number of nitrogens with zero attached hydrogens (tertiary/aromatic N) is 2. The SMILES string of the molecule is CC(CCc1ccccc1)NC(=O)Cn1ncc2c1-c1ccccc1OC2. The molecule has 0 radical (unpaired) electrons. The fourth-order valence-electron chi connectivity index (χ4n) is 3.46. The van der Waals surface area contributed by atoms with Crippen molar-refractivity contribution in [1.29, 1.82) is 0 Å². The highest BCUT2D eigenvalue weighted by Gasteiger charge is 2.23. The minimum Gasteiger partial charge on any atom is -0.488 e. The highest BCUT2D eigenvalue weighted by molar-refractivity contribution is 5.78. The zero-order chi connectivity index (χ0) is 18.6. The fraction of sp³-hybridized carbons (Fsp3) is 0.273. The number of carbonyl (C=O) groups excluding carboxylic acids is 1. The quantitative estimate of drug-likeness (QED) is 0.730. The second kappa shape index (κ2) is 7.66. The molecule has 2 aromatic carbocycles. The maximum atomic E-state index is 12.5. The van der Waals surface area contributed by atoms with E-state index in [0.29, 0.717) is 6.61 Å². The number of hydrogen-bond donors (Lipinski definition) is 1. The van der Waals surface area contributed by atoms with Crippen LogP contribution in [0, 0.1) is 0 Å². The van der Waals surface area contributed by atoms with Crippen molar-refractivity contribution in [2.75, 3.05) is 0 Å². The molecule has 3 aromatic rings. The van der Waals surface area contributed by atoms with Gasteiger partial charge in [0, 0.05) is 17.2 Å². The Hall–Kier alpha value is -3.08. The van der Waals surface area contributed by atoms with Crippen molar-refractivity contribution in [3.63, 3.8) is 0 Å². The molecule has 1 aliphatic heterocycles. The van der Waals surface area contributed by atoms with Gasteiger partial charge in [0.05, 0.1) is 11.9 Å². The topological polar surface area (TPSA) is 56.2 Å². The lowest BCUT2D eigenvalue weighted by Gasteiger charge is -2.19. The summed E-state index contributed by atoms with van der Waals surface area (Å²) < 4.78 is 7.53. The first-order chi connectivity index (χ1) is 13.2. The van der Waals surface area contributed by atoms with Crippen LogP contribution >= 0.6 is 0 Å². The Kier molecular flexibility index (Phi) is 4.92.